The number of methoxy groups -OCH3 is 1. The van der Waals surface area contributed by atoms with E-state index in [0.29, 0.717) is 12.2 Å². The molecule has 0 bridgehead atoms. The normalized spacial score (nSPS) is 10.9. The van der Waals surface area contributed by atoms with Crippen molar-refractivity contribution in [1.29, 1.82) is 0 Å². The van der Waals surface area contributed by atoms with Gasteiger partial charge in [0, 0.05) is 31.1 Å². The number of aromatic nitrogens is 1. The lowest BCUT2D eigenvalue weighted by molar-refractivity contribution is -0.699. The van der Waals surface area contributed by atoms with Crippen molar-refractivity contribution in [3.05, 3.63) is 53.9 Å². The van der Waals surface area contributed by atoms with Gasteiger partial charge in [-0.05, 0) is 36.3 Å². The minimum Gasteiger partial charge on any atom is -0.504 e. The molecule has 0 aliphatic carbocycles. The van der Waals surface area contributed by atoms with Gasteiger partial charge in [-0.1, -0.05) is 6.07 Å². The molecule has 0 unspecified atom stereocenters. The van der Waals surface area contributed by atoms with E-state index in [2.05, 4.69) is 4.57 Å². The highest BCUT2D eigenvalue weighted by molar-refractivity contribution is 5.68. The number of pyridine rings is 1. The van der Waals surface area contributed by atoms with Gasteiger partial charge in [-0.25, -0.2) is 0 Å². The minimum atomic E-state index is -0.755. The molecular formula is C19H22NO4+. The van der Waals surface area contributed by atoms with E-state index in [9.17, 15) is 9.90 Å². The van der Waals surface area contributed by atoms with Crippen molar-refractivity contribution in [3.8, 4) is 11.5 Å². The van der Waals surface area contributed by atoms with Gasteiger partial charge in [0.05, 0.1) is 7.11 Å². The van der Waals surface area contributed by atoms with E-state index in [4.69, 9.17) is 9.84 Å². The summed E-state index contributed by atoms with van der Waals surface area (Å²) in [6.07, 6.45) is 7.60. The molecule has 2 N–H and O–H groups in total. The number of phenolic OH excluding ortho intramolecular Hbond substituents is 1. The number of aromatic hydroxyl groups is 1. The van der Waals surface area contributed by atoms with Crippen LogP contribution in [0.1, 0.15) is 30.5 Å². The van der Waals surface area contributed by atoms with E-state index in [1.54, 1.807) is 12.1 Å². The number of phenols is 1. The molecule has 1 aromatic carbocycles. The van der Waals surface area contributed by atoms with E-state index < -0.39 is 5.97 Å². The average molecular weight is 328 g/mol. The molecule has 5 heteroatoms. The Morgan fingerprint density at radius 1 is 1.21 bits per heavy atom. The van der Waals surface area contributed by atoms with E-state index in [0.717, 1.165) is 24.2 Å². The van der Waals surface area contributed by atoms with Gasteiger partial charge >= 0.3 is 5.97 Å². The maximum absolute atomic E-state index is 10.6. The van der Waals surface area contributed by atoms with Gasteiger partial charge in [0.25, 0.3) is 0 Å². The van der Waals surface area contributed by atoms with Crippen molar-refractivity contribution in [2.75, 3.05) is 7.11 Å². The number of carboxylic acids is 1. The molecule has 1 heterocycles. The van der Waals surface area contributed by atoms with Crippen LogP contribution in [0, 0.1) is 0 Å². The molecule has 1 aromatic heterocycles. The zero-order valence-corrected chi connectivity index (χ0v) is 13.7. The Morgan fingerprint density at radius 2 is 2.04 bits per heavy atom. The van der Waals surface area contributed by atoms with Crippen LogP contribution < -0.4 is 9.30 Å². The summed E-state index contributed by atoms with van der Waals surface area (Å²) in [6.45, 7) is 0.771. The highest BCUT2D eigenvalue weighted by Crippen LogP contribution is 2.26. The lowest BCUT2D eigenvalue weighted by atomic mass is 10.1. The van der Waals surface area contributed by atoms with Gasteiger partial charge in [0.2, 0.25) is 5.69 Å². The zero-order valence-electron chi connectivity index (χ0n) is 13.7. The molecule has 0 fully saturated rings. The Bertz CT molecular complexity index is 725. The van der Waals surface area contributed by atoms with Crippen LogP contribution in [0.5, 0.6) is 11.5 Å². The monoisotopic (exact) mass is 328 g/mol. The predicted octanol–water partition coefficient (Wildman–Crippen LogP) is 3.11. The summed E-state index contributed by atoms with van der Waals surface area (Å²) < 4.78 is 7.20. The average Bonchev–Trinajstić information content (AvgIpc) is 2.58. The summed E-state index contributed by atoms with van der Waals surface area (Å²) in [7, 11) is 1.52. The van der Waals surface area contributed by atoms with E-state index in [1.807, 2.05) is 42.6 Å². The van der Waals surface area contributed by atoms with Crippen LogP contribution in [-0.2, 0) is 11.3 Å². The SMILES string of the molecule is COc1cc(/C=C/c2cccc[n+]2CCCCC(=O)O)ccc1O. The van der Waals surface area contributed by atoms with Crippen molar-refractivity contribution in [3.63, 3.8) is 0 Å². The zero-order chi connectivity index (χ0) is 17.4. The van der Waals surface area contributed by atoms with Crippen LogP contribution >= 0.6 is 0 Å². The Morgan fingerprint density at radius 3 is 2.79 bits per heavy atom. The predicted molar refractivity (Wildman–Crippen MR) is 91.7 cm³/mol. The van der Waals surface area contributed by atoms with Crippen molar-refractivity contribution in [1.82, 2.24) is 0 Å². The maximum Gasteiger partial charge on any atom is 0.303 e. The fraction of sp³-hybridized carbons (Fsp3) is 0.263. The number of carboxylic acid groups (broad SMARTS) is 1. The molecule has 0 saturated carbocycles. The number of hydrogen-bond acceptors (Lipinski definition) is 3. The highest BCUT2D eigenvalue weighted by atomic mass is 16.5. The van der Waals surface area contributed by atoms with Gasteiger partial charge in [0.15, 0.2) is 17.7 Å². The summed E-state index contributed by atoms with van der Waals surface area (Å²) >= 11 is 0. The lowest BCUT2D eigenvalue weighted by Crippen LogP contribution is -2.36. The van der Waals surface area contributed by atoms with E-state index >= 15 is 0 Å². The lowest BCUT2D eigenvalue weighted by Gasteiger charge is -2.04. The van der Waals surface area contributed by atoms with Gasteiger partial charge in [0.1, 0.15) is 6.54 Å². The third-order valence-electron chi connectivity index (χ3n) is 3.67. The number of hydrogen-bond donors (Lipinski definition) is 2. The first-order chi connectivity index (χ1) is 11.6. The standard InChI is InChI=1S/C19H21NO4/c1-24-18-14-15(9-11-17(18)21)8-10-16-6-2-4-12-20(16)13-5-3-7-19(22)23/h2,4,6,8-12,14H,3,5,7,13H2,1H3,(H,22,23)/p+1. The Hall–Kier alpha value is -2.82. The molecule has 2 aromatic rings. The number of rotatable bonds is 8. The van der Waals surface area contributed by atoms with Crippen molar-refractivity contribution >= 4 is 18.1 Å². The number of carbonyl (C=O) groups is 1. The first-order valence-corrected chi connectivity index (χ1v) is 7.85. The van der Waals surface area contributed by atoms with Crippen molar-refractivity contribution < 1.29 is 24.3 Å². The van der Waals surface area contributed by atoms with Crippen LogP contribution in [-0.4, -0.2) is 23.3 Å². The second kappa shape index (κ2) is 8.72. The Balaban J connectivity index is 2.07. The highest BCUT2D eigenvalue weighted by Gasteiger charge is 2.07. The quantitative estimate of drug-likeness (QED) is 0.577. The van der Waals surface area contributed by atoms with Gasteiger partial charge in [-0.15, -0.1) is 0 Å². The number of ether oxygens (including phenoxy) is 1. The Labute approximate surface area is 141 Å². The number of unbranched alkanes of at least 4 members (excludes halogenated alkanes) is 1. The molecule has 0 amide bonds. The molecule has 0 saturated heterocycles. The van der Waals surface area contributed by atoms with Crippen molar-refractivity contribution in [2.24, 2.45) is 0 Å². The van der Waals surface area contributed by atoms with Gasteiger partial charge in [-0.3, -0.25) is 4.79 Å². The second-order valence-electron chi connectivity index (χ2n) is 5.43. The summed E-state index contributed by atoms with van der Waals surface area (Å²) in [6, 6.07) is 11.1. The molecule has 0 spiro atoms. The van der Waals surface area contributed by atoms with Gasteiger partial charge in [-0.2, -0.15) is 4.57 Å². The molecule has 0 atom stereocenters. The first-order valence-electron chi connectivity index (χ1n) is 7.85. The van der Waals surface area contributed by atoms with Crippen LogP contribution in [0.2, 0.25) is 0 Å². The molecule has 0 aliphatic heterocycles. The maximum atomic E-state index is 10.6. The number of nitrogens with zero attached hydrogens (tertiary/aromatic N) is 1. The van der Waals surface area contributed by atoms with Crippen LogP contribution in [0.15, 0.2) is 42.6 Å². The first kappa shape index (κ1) is 17.5. The fourth-order valence-electron chi connectivity index (χ4n) is 2.38. The van der Waals surface area contributed by atoms with E-state index in [-0.39, 0.29) is 12.2 Å². The molecule has 2 rings (SSSR count). The smallest absolute Gasteiger partial charge is 0.303 e. The summed E-state index contributed by atoms with van der Waals surface area (Å²) in [5.41, 5.74) is 1.95. The minimum absolute atomic E-state index is 0.114. The van der Waals surface area contributed by atoms with Crippen molar-refractivity contribution in [2.45, 2.75) is 25.8 Å². The molecular weight excluding hydrogens is 306 g/mol. The van der Waals surface area contributed by atoms with Crippen LogP contribution in [0.25, 0.3) is 12.2 Å². The van der Waals surface area contributed by atoms with E-state index in [1.165, 1.54) is 7.11 Å². The fourth-order valence-corrected chi connectivity index (χ4v) is 2.38. The van der Waals surface area contributed by atoms with Gasteiger partial charge < -0.3 is 14.9 Å². The molecule has 126 valence electrons. The molecule has 0 aliphatic rings. The number of benzene rings is 1. The third kappa shape index (κ3) is 5.12. The molecule has 24 heavy (non-hydrogen) atoms. The second-order valence-corrected chi connectivity index (χ2v) is 5.43. The number of aliphatic carboxylic acids is 1. The largest absolute Gasteiger partial charge is 0.504 e. The molecule has 5 nitrogen and oxygen atoms in total. The Kier molecular flexibility index (Phi) is 6.37. The third-order valence-corrected chi connectivity index (χ3v) is 3.67. The topological polar surface area (TPSA) is 70.6 Å². The number of aryl methyl sites for hydroxylation is 1. The van der Waals surface area contributed by atoms with Crippen LogP contribution in [0.4, 0.5) is 0 Å². The summed E-state index contributed by atoms with van der Waals surface area (Å²) in [4.78, 5) is 10.6. The summed E-state index contributed by atoms with van der Waals surface area (Å²) in [5, 5.41) is 18.3. The van der Waals surface area contributed by atoms with Crippen LogP contribution in [0.3, 0.4) is 0 Å². The summed E-state index contributed by atoms with van der Waals surface area (Å²) in [5.74, 6) is -0.205. The molecule has 0 radical (unpaired) electrons.